The molecule has 2 atom stereocenters. The molecule has 1 rings (SSSR count). The van der Waals surface area contributed by atoms with E-state index >= 15 is 0 Å². The van der Waals surface area contributed by atoms with Gasteiger partial charge >= 0.3 is 0 Å². The third-order valence-corrected chi connectivity index (χ3v) is 2.46. The fourth-order valence-corrected chi connectivity index (χ4v) is 1.65. The normalized spacial score (nSPS) is 27.4. The second-order valence-electron chi connectivity index (χ2n) is 3.45. The van der Waals surface area contributed by atoms with Gasteiger partial charge in [0, 0.05) is 0 Å². The highest BCUT2D eigenvalue weighted by Crippen LogP contribution is 2.14. The van der Waals surface area contributed by atoms with Crippen molar-refractivity contribution in [1.29, 1.82) is 0 Å². The number of ketones is 1. The molecular weight excluding hydrogens is 184 g/mol. The van der Waals surface area contributed by atoms with Crippen LogP contribution in [0.5, 0.6) is 0 Å². The van der Waals surface area contributed by atoms with Crippen LogP contribution in [0.2, 0.25) is 0 Å². The number of nitrogens with zero attached hydrogens (tertiary/aromatic N) is 1. The molecular formula is C9H16N2O3. The van der Waals surface area contributed by atoms with E-state index < -0.39 is 6.04 Å². The van der Waals surface area contributed by atoms with Crippen molar-refractivity contribution in [2.24, 2.45) is 5.73 Å². The largest absolute Gasteiger partial charge is 0.377 e. The van der Waals surface area contributed by atoms with Crippen LogP contribution in [-0.4, -0.2) is 48.9 Å². The molecule has 0 aromatic rings. The van der Waals surface area contributed by atoms with Crippen molar-refractivity contribution < 1.29 is 14.3 Å². The van der Waals surface area contributed by atoms with Gasteiger partial charge in [-0.25, -0.2) is 0 Å². The topological polar surface area (TPSA) is 72.6 Å². The monoisotopic (exact) mass is 200 g/mol. The van der Waals surface area contributed by atoms with E-state index in [0.29, 0.717) is 26.2 Å². The molecule has 80 valence electrons. The standard InChI is InChI=1S/C9H16N2O3/c1-7(13)9-5-14-4-8(2-3-10)11(9)6-12/h6,8-9H,2-5,10H2,1H3. The molecule has 0 aliphatic carbocycles. The first-order valence-corrected chi connectivity index (χ1v) is 4.71. The maximum atomic E-state index is 11.2. The van der Waals surface area contributed by atoms with E-state index in [4.69, 9.17) is 10.5 Å². The Kier molecular flexibility index (Phi) is 4.03. The molecule has 1 fully saturated rings. The second kappa shape index (κ2) is 5.07. The van der Waals surface area contributed by atoms with Crippen LogP contribution in [0.4, 0.5) is 0 Å². The average Bonchev–Trinajstić information content (AvgIpc) is 2.18. The molecule has 1 aliphatic rings. The van der Waals surface area contributed by atoms with Crippen molar-refractivity contribution in [3.8, 4) is 0 Å². The highest BCUT2D eigenvalue weighted by Gasteiger charge is 2.32. The zero-order valence-corrected chi connectivity index (χ0v) is 8.31. The molecule has 0 saturated carbocycles. The Morgan fingerprint density at radius 2 is 2.36 bits per heavy atom. The maximum Gasteiger partial charge on any atom is 0.210 e. The predicted molar refractivity (Wildman–Crippen MR) is 50.7 cm³/mol. The van der Waals surface area contributed by atoms with Gasteiger partial charge in [0.25, 0.3) is 0 Å². The first-order valence-electron chi connectivity index (χ1n) is 4.71. The minimum atomic E-state index is -0.433. The van der Waals surface area contributed by atoms with E-state index in [0.717, 1.165) is 6.41 Å². The number of hydrogen-bond donors (Lipinski definition) is 1. The van der Waals surface area contributed by atoms with Crippen molar-refractivity contribution in [2.75, 3.05) is 19.8 Å². The molecule has 2 unspecified atom stereocenters. The molecule has 1 amide bonds. The van der Waals surface area contributed by atoms with Crippen LogP contribution >= 0.6 is 0 Å². The Balaban J connectivity index is 2.68. The lowest BCUT2D eigenvalue weighted by Crippen LogP contribution is -2.54. The molecule has 0 bridgehead atoms. The Hall–Kier alpha value is -0.940. The summed E-state index contributed by atoms with van der Waals surface area (Å²) in [6, 6.07) is -0.488. The Bertz CT molecular complexity index is 218. The summed E-state index contributed by atoms with van der Waals surface area (Å²) >= 11 is 0. The third kappa shape index (κ3) is 2.30. The van der Waals surface area contributed by atoms with Crippen LogP contribution in [0.1, 0.15) is 13.3 Å². The number of carbonyl (C=O) groups is 2. The summed E-state index contributed by atoms with van der Waals surface area (Å²) in [5, 5.41) is 0. The van der Waals surface area contributed by atoms with Gasteiger partial charge in [-0.1, -0.05) is 0 Å². The molecule has 1 heterocycles. The number of carbonyl (C=O) groups excluding carboxylic acids is 2. The number of nitrogens with two attached hydrogens (primary N) is 1. The summed E-state index contributed by atoms with van der Waals surface area (Å²) < 4.78 is 5.26. The highest BCUT2D eigenvalue weighted by atomic mass is 16.5. The fraction of sp³-hybridized carbons (Fsp3) is 0.778. The van der Waals surface area contributed by atoms with E-state index in [1.165, 1.54) is 11.8 Å². The van der Waals surface area contributed by atoms with Crippen LogP contribution in [0.25, 0.3) is 0 Å². The van der Waals surface area contributed by atoms with Gasteiger partial charge in [0.1, 0.15) is 6.04 Å². The minimum absolute atomic E-state index is 0.0428. The van der Waals surface area contributed by atoms with Crippen LogP contribution < -0.4 is 5.73 Å². The second-order valence-corrected chi connectivity index (χ2v) is 3.45. The van der Waals surface area contributed by atoms with Gasteiger partial charge in [-0.15, -0.1) is 0 Å². The molecule has 0 spiro atoms. The van der Waals surface area contributed by atoms with Crippen molar-refractivity contribution in [1.82, 2.24) is 4.90 Å². The van der Waals surface area contributed by atoms with Gasteiger partial charge in [0.05, 0.1) is 19.3 Å². The quantitative estimate of drug-likeness (QED) is 0.600. The summed E-state index contributed by atoms with van der Waals surface area (Å²) in [7, 11) is 0. The lowest BCUT2D eigenvalue weighted by Gasteiger charge is -2.38. The lowest BCUT2D eigenvalue weighted by atomic mass is 10.1. The number of rotatable bonds is 4. The number of ether oxygens (including phenoxy) is 1. The Morgan fingerprint density at radius 3 is 2.86 bits per heavy atom. The van der Waals surface area contributed by atoms with Gasteiger partial charge in [-0.05, 0) is 19.9 Å². The van der Waals surface area contributed by atoms with Crippen LogP contribution in [0.3, 0.4) is 0 Å². The third-order valence-electron chi connectivity index (χ3n) is 2.46. The Labute approximate surface area is 83.2 Å². The number of morpholine rings is 1. The smallest absolute Gasteiger partial charge is 0.210 e. The van der Waals surface area contributed by atoms with E-state index in [1.54, 1.807) is 0 Å². The Morgan fingerprint density at radius 1 is 1.64 bits per heavy atom. The first kappa shape index (κ1) is 11.1. The molecule has 0 aromatic carbocycles. The molecule has 1 aliphatic heterocycles. The maximum absolute atomic E-state index is 11.2. The first-order chi connectivity index (χ1) is 6.70. The zero-order chi connectivity index (χ0) is 10.6. The molecule has 1 saturated heterocycles. The minimum Gasteiger partial charge on any atom is -0.377 e. The number of amides is 1. The molecule has 0 aromatic heterocycles. The lowest BCUT2D eigenvalue weighted by molar-refractivity contribution is -0.143. The van der Waals surface area contributed by atoms with Gasteiger partial charge in [0.2, 0.25) is 6.41 Å². The summed E-state index contributed by atoms with van der Waals surface area (Å²) in [4.78, 5) is 23.6. The van der Waals surface area contributed by atoms with Crippen molar-refractivity contribution >= 4 is 12.2 Å². The summed E-state index contributed by atoms with van der Waals surface area (Å²) in [5.41, 5.74) is 5.41. The summed E-state index contributed by atoms with van der Waals surface area (Å²) in [5.74, 6) is -0.0428. The van der Waals surface area contributed by atoms with Gasteiger partial charge < -0.3 is 15.4 Å². The number of Topliss-reactive ketones (excluding diaryl/α,β-unsaturated/α-hetero) is 1. The molecule has 14 heavy (non-hydrogen) atoms. The van der Waals surface area contributed by atoms with Crippen molar-refractivity contribution in [3.05, 3.63) is 0 Å². The van der Waals surface area contributed by atoms with Crippen LogP contribution in [0, 0.1) is 0 Å². The van der Waals surface area contributed by atoms with E-state index in [-0.39, 0.29) is 11.8 Å². The molecule has 5 nitrogen and oxygen atoms in total. The van der Waals surface area contributed by atoms with Crippen LogP contribution in [-0.2, 0) is 14.3 Å². The van der Waals surface area contributed by atoms with E-state index in [9.17, 15) is 9.59 Å². The SMILES string of the molecule is CC(=O)C1COCC(CCN)N1C=O. The molecule has 0 radical (unpaired) electrons. The molecule has 5 heteroatoms. The average molecular weight is 200 g/mol. The number of hydrogen-bond acceptors (Lipinski definition) is 4. The van der Waals surface area contributed by atoms with Gasteiger partial charge in [-0.3, -0.25) is 9.59 Å². The fourth-order valence-electron chi connectivity index (χ4n) is 1.65. The molecule has 2 N–H and O–H groups in total. The van der Waals surface area contributed by atoms with E-state index in [1.807, 2.05) is 0 Å². The van der Waals surface area contributed by atoms with Gasteiger partial charge in [0.15, 0.2) is 5.78 Å². The summed E-state index contributed by atoms with van der Waals surface area (Å²) in [6.45, 7) is 2.73. The van der Waals surface area contributed by atoms with Crippen LogP contribution in [0.15, 0.2) is 0 Å². The van der Waals surface area contributed by atoms with Crippen molar-refractivity contribution in [2.45, 2.75) is 25.4 Å². The van der Waals surface area contributed by atoms with Crippen molar-refractivity contribution in [3.63, 3.8) is 0 Å². The van der Waals surface area contributed by atoms with Gasteiger partial charge in [-0.2, -0.15) is 0 Å². The van der Waals surface area contributed by atoms with E-state index in [2.05, 4.69) is 0 Å². The zero-order valence-electron chi connectivity index (χ0n) is 8.31. The summed E-state index contributed by atoms with van der Waals surface area (Å²) in [6.07, 6.45) is 1.39. The predicted octanol–water partition coefficient (Wildman–Crippen LogP) is -0.850. The highest BCUT2D eigenvalue weighted by molar-refractivity contribution is 5.83.